The van der Waals surface area contributed by atoms with Gasteiger partial charge < -0.3 is 19.4 Å². The fourth-order valence-electron chi connectivity index (χ4n) is 1.83. The molecule has 2 aromatic rings. The smallest absolute Gasteiger partial charge is 0.293 e. The first-order valence-corrected chi connectivity index (χ1v) is 6.24. The third-order valence-electron chi connectivity index (χ3n) is 2.90. The van der Waals surface area contributed by atoms with Crippen molar-refractivity contribution in [1.29, 1.82) is 0 Å². The van der Waals surface area contributed by atoms with Gasteiger partial charge in [-0.25, -0.2) is 4.98 Å². The van der Waals surface area contributed by atoms with Gasteiger partial charge in [-0.15, -0.1) is 0 Å². The Morgan fingerprint density at radius 1 is 1.25 bits per heavy atom. The van der Waals surface area contributed by atoms with E-state index in [0.29, 0.717) is 23.7 Å². The Balaban J connectivity index is 2.33. The fourth-order valence-corrected chi connectivity index (χ4v) is 1.83. The van der Waals surface area contributed by atoms with E-state index in [9.17, 15) is 4.79 Å². The van der Waals surface area contributed by atoms with Crippen LogP contribution in [0.1, 0.15) is 6.92 Å². The maximum absolute atomic E-state index is 12.1. The lowest BCUT2D eigenvalue weighted by Gasteiger charge is -2.11. The fraction of sp³-hybridized carbons (Fsp3) is 0.286. The van der Waals surface area contributed by atoms with E-state index in [-0.39, 0.29) is 11.4 Å². The van der Waals surface area contributed by atoms with E-state index < -0.39 is 0 Å². The molecule has 1 N–H and O–H groups in total. The van der Waals surface area contributed by atoms with Gasteiger partial charge in [-0.2, -0.15) is 0 Å². The Labute approximate surface area is 117 Å². The first-order chi connectivity index (χ1) is 9.69. The van der Waals surface area contributed by atoms with Crippen molar-refractivity contribution in [2.75, 3.05) is 19.5 Å². The first-order valence-electron chi connectivity index (χ1n) is 6.24. The number of hydrogen-bond acceptors (Lipinski definition) is 5. The van der Waals surface area contributed by atoms with Crippen LogP contribution < -0.4 is 20.3 Å². The summed E-state index contributed by atoms with van der Waals surface area (Å²) in [6, 6.07) is 5.32. The molecule has 6 nitrogen and oxygen atoms in total. The molecular formula is C14H17N3O3. The second-order valence-electron chi connectivity index (χ2n) is 4.06. The van der Waals surface area contributed by atoms with E-state index in [1.54, 1.807) is 49.4 Å². The molecule has 0 bridgehead atoms. The molecule has 0 aliphatic rings. The van der Waals surface area contributed by atoms with Crippen LogP contribution in [0.4, 0.5) is 11.5 Å². The van der Waals surface area contributed by atoms with Crippen molar-refractivity contribution in [3.05, 3.63) is 40.9 Å². The molecule has 0 spiro atoms. The van der Waals surface area contributed by atoms with Crippen LogP contribution in [-0.2, 0) is 6.54 Å². The monoisotopic (exact) mass is 275 g/mol. The molecule has 0 unspecified atom stereocenters. The summed E-state index contributed by atoms with van der Waals surface area (Å²) in [7, 11) is 3.14. The molecule has 2 rings (SSSR count). The lowest BCUT2D eigenvalue weighted by molar-refractivity contribution is 0.355. The zero-order chi connectivity index (χ0) is 14.5. The minimum atomic E-state index is -0.162. The van der Waals surface area contributed by atoms with Crippen molar-refractivity contribution < 1.29 is 9.47 Å². The molecule has 20 heavy (non-hydrogen) atoms. The molecule has 0 aliphatic carbocycles. The van der Waals surface area contributed by atoms with Gasteiger partial charge in [0.2, 0.25) is 0 Å². The van der Waals surface area contributed by atoms with Crippen molar-refractivity contribution in [2.24, 2.45) is 0 Å². The van der Waals surface area contributed by atoms with E-state index in [1.165, 1.54) is 0 Å². The topological polar surface area (TPSA) is 65.4 Å². The lowest BCUT2D eigenvalue weighted by Crippen LogP contribution is -2.22. The van der Waals surface area contributed by atoms with Crippen LogP contribution in [0, 0.1) is 0 Å². The molecule has 0 saturated heterocycles. The van der Waals surface area contributed by atoms with E-state index in [1.807, 2.05) is 6.92 Å². The normalized spacial score (nSPS) is 10.2. The summed E-state index contributed by atoms with van der Waals surface area (Å²) < 4.78 is 12.0. The number of aromatic nitrogens is 2. The molecule has 1 aromatic heterocycles. The third-order valence-corrected chi connectivity index (χ3v) is 2.90. The van der Waals surface area contributed by atoms with Gasteiger partial charge >= 0.3 is 0 Å². The van der Waals surface area contributed by atoms with Gasteiger partial charge in [-0.3, -0.25) is 4.79 Å². The quantitative estimate of drug-likeness (QED) is 0.904. The molecule has 1 heterocycles. The zero-order valence-electron chi connectivity index (χ0n) is 11.7. The van der Waals surface area contributed by atoms with Gasteiger partial charge in [0.05, 0.1) is 14.2 Å². The van der Waals surface area contributed by atoms with Crippen LogP contribution in [-0.4, -0.2) is 23.8 Å². The van der Waals surface area contributed by atoms with Crippen molar-refractivity contribution in [3.63, 3.8) is 0 Å². The second kappa shape index (κ2) is 6.10. The summed E-state index contributed by atoms with van der Waals surface area (Å²) in [5.41, 5.74) is 0.547. The number of benzene rings is 1. The summed E-state index contributed by atoms with van der Waals surface area (Å²) >= 11 is 0. The Morgan fingerprint density at radius 2 is 2.00 bits per heavy atom. The Bertz CT molecular complexity index is 652. The van der Waals surface area contributed by atoms with Crippen LogP contribution in [0.15, 0.2) is 35.4 Å². The minimum Gasteiger partial charge on any atom is -0.493 e. The van der Waals surface area contributed by atoms with E-state index in [2.05, 4.69) is 10.3 Å². The number of ether oxygens (including phenoxy) is 2. The second-order valence-corrected chi connectivity index (χ2v) is 4.06. The Hall–Kier alpha value is -2.50. The molecule has 0 atom stereocenters. The van der Waals surface area contributed by atoms with Gasteiger partial charge in [0.1, 0.15) is 0 Å². The molecule has 0 amide bonds. The molecule has 106 valence electrons. The molecule has 0 fully saturated rings. The highest BCUT2D eigenvalue weighted by Gasteiger charge is 2.08. The van der Waals surface area contributed by atoms with Gasteiger partial charge in [0.25, 0.3) is 5.56 Å². The SMILES string of the molecule is CCn1ccnc(Nc2ccc(OC)c(OC)c2)c1=O. The number of nitrogens with zero attached hydrogens (tertiary/aromatic N) is 2. The molecule has 0 aliphatic heterocycles. The van der Waals surface area contributed by atoms with Crippen LogP contribution >= 0.6 is 0 Å². The maximum Gasteiger partial charge on any atom is 0.293 e. The van der Waals surface area contributed by atoms with Crippen molar-refractivity contribution >= 4 is 11.5 Å². The Kier molecular flexibility index (Phi) is 4.24. The van der Waals surface area contributed by atoms with Gasteiger partial charge in [-0.05, 0) is 19.1 Å². The summed E-state index contributed by atoms with van der Waals surface area (Å²) in [5.74, 6) is 1.50. The number of hydrogen-bond donors (Lipinski definition) is 1. The highest BCUT2D eigenvalue weighted by atomic mass is 16.5. The summed E-state index contributed by atoms with van der Waals surface area (Å²) in [5, 5.41) is 2.99. The van der Waals surface area contributed by atoms with Crippen LogP contribution in [0.25, 0.3) is 0 Å². The minimum absolute atomic E-state index is 0.162. The summed E-state index contributed by atoms with van der Waals surface area (Å²) in [4.78, 5) is 16.1. The summed E-state index contributed by atoms with van der Waals surface area (Å²) in [6.45, 7) is 2.50. The molecule has 1 aromatic carbocycles. The molecular weight excluding hydrogens is 258 g/mol. The number of anilines is 2. The predicted octanol–water partition coefficient (Wildman–Crippen LogP) is 2.02. The Morgan fingerprint density at radius 3 is 2.65 bits per heavy atom. The molecule has 0 saturated carbocycles. The largest absolute Gasteiger partial charge is 0.493 e. The first kappa shape index (κ1) is 13.9. The highest BCUT2D eigenvalue weighted by molar-refractivity contribution is 5.60. The molecule has 6 heteroatoms. The number of rotatable bonds is 5. The van der Waals surface area contributed by atoms with E-state index in [4.69, 9.17) is 9.47 Å². The lowest BCUT2D eigenvalue weighted by atomic mass is 10.2. The number of nitrogens with one attached hydrogen (secondary N) is 1. The zero-order valence-corrected chi connectivity index (χ0v) is 11.7. The highest BCUT2D eigenvalue weighted by Crippen LogP contribution is 2.30. The van der Waals surface area contributed by atoms with Gasteiger partial charge in [0.15, 0.2) is 17.3 Å². The average Bonchev–Trinajstić information content (AvgIpc) is 2.49. The number of aryl methyl sites for hydroxylation is 1. The maximum atomic E-state index is 12.1. The number of methoxy groups -OCH3 is 2. The standard InChI is InChI=1S/C14H17N3O3/c1-4-17-8-7-15-13(14(17)18)16-10-5-6-11(19-2)12(9-10)20-3/h5-9H,4H2,1-3H3,(H,15,16). The van der Waals surface area contributed by atoms with Crippen LogP contribution in [0.3, 0.4) is 0 Å². The van der Waals surface area contributed by atoms with Crippen molar-refractivity contribution in [1.82, 2.24) is 9.55 Å². The average molecular weight is 275 g/mol. The van der Waals surface area contributed by atoms with Crippen molar-refractivity contribution in [2.45, 2.75) is 13.5 Å². The van der Waals surface area contributed by atoms with Crippen LogP contribution in [0.5, 0.6) is 11.5 Å². The van der Waals surface area contributed by atoms with E-state index in [0.717, 1.165) is 0 Å². The van der Waals surface area contributed by atoms with Gasteiger partial charge in [0, 0.05) is 30.7 Å². The predicted molar refractivity (Wildman–Crippen MR) is 77.0 cm³/mol. The van der Waals surface area contributed by atoms with Crippen molar-refractivity contribution in [3.8, 4) is 11.5 Å². The summed E-state index contributed by atoms with van der Waals surface area (Å²) in [6.07, 6.45) is 3.25. The third kappa shape index (κ3) is 2.74. The van der Waals surface area contributed by atoms with Gasteiger partial charge in [-0.1, -0.05) is 0 Å². The van der Waals surface area contributed by atoms with E-state index >= 15 is 0 Å². The van der Waals surface area contributed by atoms with Crippen LogP contribution in [0.2, 0.25) is 0 Å². The molecule has 0 radical (unpaired) electrons.